The molecule has 0 saturated heterocycles. The summed E-state index contributed by atoms with van der Waals surface area (Å²) in [6, 6.07) is 5.26. The third kappa shape index (κ3) is 3.80. The summed E-state index contributed by atoms with van der Waals surface area (Å²) in [5, 5.41) is 9.17. The summed E-state index contributed by atoms with van der Waals surface area (Å²) in [5.74, 6) is 0.453. The predicted octanol–water partition coefficient (Wildman–Crippen LogP) is 3.65. The molecular weight excluding hydrogens is 247 g/mol. The fraction of sp³-hybridized carbons (Fsp3) is 0.364. The average Bonchev–Trinajstić information content (AvgIpc) is 2.20. The van der Waals surface area contributed by atoms with Gasteiger partial charge in [-0.25, -0.2) is 0 Å². The van der Waals surface area contributed by atoms with E-state index in [1.807, 2.05) is 0 Å². The maximum Gasteiger partial charge on any atom is 0.156 e. The van der Waals surface area contributed by atoms with Crippen LogP contribution in [0.5, 0.6) is 5.75 Å². The van der Waals surface area contributed by atoms with Gasteiger partial charge < -0.3 is 10.5 Å². The molecule has 0 aliphatic carbocycles. The zero-order valence-electron chi connectivity index (χ0n) is 8.67. The Kier molecular flexibility index (Phi) is 5.24. The van der Waals surface area contributed by atoms with Gasteiger partial charge in [0.2, 0.25) is 0 Å². The van der Waals surface area contributed by atoms with Crippen LogP contribution in [0, 0.1) is 11.3 Å². The third-order valence-corrected chi connectivity index (χ3v) is 2.51. The molecule has 1 aromatic carbocycles. The molecule has 0 saturated carbocycles. The lowest BCUT2D eigenvalue weighted by Gasteiger charge is -2.10. The highest BCUT2D eigenvalue weighted by molar-refractivity contribution is 6.37. The van der Waals surface area contributed by atoms with Crippen molar-refractivity contribution in [2.45, 2.75) is 19.3 Å². The van der Waals surface area contributed by atoms with Crippen LogP contribution in [0.4, 0.5) is 5.69 Å². The van der Waals surface area contributed by atoms with Gasteiger partial charge in [0.25, 0.3) is 0 Å². The Balaban J connectivity index is 2.51. The first kappa shape index (κ1) is 13.0. The summed E-state index contributed by atoms with van der Waals surface area (Å²) in [6.45, 7) is 0.491. The van der Waals surface area contributed by atoms with E-state index in [-0.39, 0.29) is 0 Å². The lowest BCUT2D eigenvalue weighted by Crippen LogP contribution is -1.99. The number of unbranched alkanes of at least 4 members (excludes halogenated alkanes) is 2. The van der Waals surface area contributed by atoms with Crippen LogP contribution in [-0.4, -0.2) is 6.61 Å². The number of ether oxygens (including phenoxy) is 1. The van der Waals surface area contributed by atoms with Crippen LogP contribution >= 0.6 is 23.2 Å². The number of halogens is 2. The largest absolute Gasteiger partial charge is 0.490 e. The minimum Gasteiger partial charge on any atom is -0.490 e. The van der Waals surface area contributed by atoms with E-state index in [9.17, 15) is 0 Å². The molecule has 0 heterocycles. The van der Waals surface area contributed by atoms with Gasteiger partial charge >= 0.3 is 0 Å². The van der Waals surface area contributed by atoms with Crippen molar-refractivity contribution >= 4 is 28.9 Å². The van der Waals surface area contributed by atoms with Gasteiger partial charge in [0.1, 0.15) is 0 Å². The molecule has 0 fully saturated rings. The van der Waals surface area contributed by atoms with Crippen molar-refractivity contribution in [3.63, 3.8) is 0 Å². The number of rotatable bonds is 5. The number of nitriles is 1. The van der Waals surface area contributed by atoms with Gasteiger partial charge in [0.05, 0.1) is 22.7 Å². The molecule has 0 spiro atoms. The summed E-state index contributed by atoms with van der Waals surface area (Å²) in [6.07, 6.45) is 2.14. The minimum atomic E-state index is 0.408. The Labute approximate surface area is 105 Å². The van der Waals surface area contributed by atoms with Crippen LogP contribution < -0.4 is 10.5 Å². The zero-order chi connectivity index (χ0) is 12.0. The molecule has 1 rings (SSSR count). The Morgan fingerprint density at radius 3 is 2.44 bits per heavy atom. The van der Waals surface area contributed by atoms with Crippen molar-refractivity contribution < 1.29 is 4.74 Å². The quantitative estimate of drug-likeness (QED) is 0.648. The SMILES string of the molecule is N#CCCCCOc1c(Cl)cc(N)cc1Cl. The minimum absolute atomic E-state index is 0.408. The van der Waals surface area contributed by atoms with Gasteiger partial charge in [-0.2, -0.15) is 5.26 Å². The fourth-order valence-corrected chi connectivity index (χ4v) is 1.81. The molecule has 0 atom stereocenters. The highest BCUT2D eigenvalue weighted by Gasteiger charge is 2.08. The van der Waals surface area contributed by atoms with Gasteiger partial charge in [0, 0.05) is 12.1 Å². The predicted molar refractivity (Wildman–Crippen MR) is 65.8 cm³/mol. The van der Waals surface area contributed by atoms with Gasteiger partial charge in [-0.3, -0.25) is 0 Å². The Morgan fingerprint density at radius 1 is 1.25 bits per heavy atom. The standard InChI is InChI=1S/C11H12Cl2N2O/c12-9-6-8(15)7-10(13)11(9)16-5-3-1-2-4-14/h6-7H,1-3,5,15H2. The zero-order valence-corrected chi connectivity index (χ0v) is 10.2. The van der Waals surface area contributed by atoms with Gasteiger partial charge in [0.15, 0.2) is 5.75 Å². The van der Waals surface area contributed by atoms with Crippen molar-refractivity contribution in [2.75, 3.05) is 12.3 Å². The summed E-state index contributed by atoms with van der Waals surface area (Å²) in [7, 11) is 0. The smallest absolute Gasteiger partial charge is 0.156 e. The lowest BCUT2D eigenvalue weighted by molar-refractivity contribution is 0.308. The van der Waals surface area contributed by atoms with Crippen LogP contribution in [0.2, 0.25) is 10.0 Å². The number of benzene rings is 1. The summed E-state index contributed by atoms with van der Waals surface area (Å²) in [4.78, 5) is 0. The van der Waals surface area contributed by atoms with Gasteiger partial charge in [-0.1, -0.05) is 23.2 Å². The van der Waals surface area contributed by atoms with Crippen LogP contribution in [0.3, 0.4) is 0 Å². The van der Waals surface area contributed by atoms with Crippen LogP contribution in [0.1, 0.15) is 19.3 Å². The summed E-state index contributed by atoms with van der Waals surface area (Å²) in [5.41, 5.74) is 6.07. The van der Waals surface area contributed by atoms with E-state index in [1.165, 1.54) is 0 Å². The molecule has 0 aliphatic rings. The van der Waals surface area contributed by atoms with Crippen LogP contribution in [0.15, 0.2) is 12.1 Å². The number of anilines is 1. The molecule has 0 aromatic heterocycles. The van der Waals surface area contributed by atoms with Crippen LogP contribution in [0.25, 0.3) is 0 Å². The van der Waals surface area contributed by atoms with E-state index < -0.39 is 0 Å². The molecule has 1 aromatic rings. The third-order valence-electron chi connectivity index (χ3n) is 1.95. The summed E-state index contributed by atoms with van der Waals surface area (Å²) < 4.78 is 5.44. The van der Waals surface area contributed by atoms with E-state index in [0.29, 0.717) is 34.5 Å². The molecule has 0 aliphatic heterocycles. The topological polar surface area (TPSA) is 59.0 Å². The second-order valence-electron chi connectivity index (χ2n) is 3.28. The normalized spacial score (nSPS) is 9.81. The lowest BCUT2D eigenvalue weighted by atomic mass is 10.2. The Bertz CT molecular complexity index is 378. The number of hydrogen-bond acceptors (Lipinski definition) is 3. The first-order valence-electron chi connectivity index (χ1n) is 4.89. The molecule has 0 amide bonds. The number of nitrogens with zero attached hydrogens (tertiary/aromatic N) is 1. The molecule has 5 heteroatoms. The highest BCUT2D eigenvalue weighted by Crippen LogP contribution is 2.35. The number of hydrogen-bond donors (Lipinski definition) is 1. The molecule has 16 heavy (non-hydrogen) atoms. The fourth-order valence-electron chi connectivity index (χ4n) is 1.20. The Morgan fingerprint density at radius 2 is 1.88 bits per heavy atom. The van der Waals surface area contributed by atoms with E-state index >= 15 is 0 Å². The molecule has 0 bridgehead atoms. The molecule has 2 N–H and O–H groups in total. The van der Waals surface area contributed by atoms with E-state index in [1.54, 1.807) is 12.1 Å². The first-order chi connectivity index (χ1) is 7.65. The van der Waals surface area contributed by atoms with Crippen molar-refractivity contribution in [1.82, 2.24) is 0 Å². The maximum atomic E-state index is 8.35. The van der Waals surface area contributed by atoms with E-state index in [2.05, 4.69) is 6.07 Å². The Hall–Kier alpha value is -1.11. The second kappa shape index (κ2) is 6.47. The average molecular weight is 259 g/mol. The first-order valence-corrected chi connectivity index (χ1v) is 5.65. The maximum absolute atomic E-state index is 8.35. The van der Waals surface area contributed by atoms with E-state index in [4.69, 9.17) is 38.9 Å². The molecule has 0 unspecified atom stereocenters. The molecular formula is C11H12Cl2N2O. The molecule has 0 radical (unpaired) electrons. The number of nitrogens with two attached hydrogens (primary N) is 1. The molecule has 86 valence electrons. The van der Waals surface area contributed by atoms with Crippen molar-refractivity contribution in [1.29, 1.82) is 5.26 Å². The second-order valence-corrected chi connectivity index (χ2v) is 4.09. The van der Waals surface area contributed by atoms with Gasteiger partial charge in [-0.15, -0.1) is 0 Å². The van der Waals surface area contributed by atoms with Crippen molar-refractivity contribution in [3.05, 3.63) is 22.2 Å². The monoisotopic (exact) mass is 258 g/mol. The number of nitrogen functional groups attached to an aromatic ring is 1. The highest BCUT2D eigenvalue weighted by atomic mass is 35.5. The van der Waals surface area contributed by atoms with Crippen molar-refractivity contribution in [2.24, 2.45) is 0 Å². The van der Waals surface area contributed by atoms with Gasteiger partial charge in [-0.05, 0) is 25.0 Å². The molecule has 3 nitrogen and oxygen atoms in total. The van der Waals surface area contributed by atoms with Crippen molar-refractivity contribution in [3.8, 4) is 11.8 Å². The van der Waals surface area contributed by atoms with Crippen LogP contribution in [-0.2, 0) is 0 Å². The van der Waals surface area contributed by atoms with E-state index in [0.717, 1.165) is 12.8 Å². The summed E-state index contributed by atoms with van der Waals surface area (Å²) >= 11 is 11.9.